The lowest BCUT2D eigenvalue weighted by Crippen LogP contribution is -2.09. The van der Waals surface area contributed by atoms with E-state index in [0.29, 0.717) is 0 Å². The van der Waals surface area contributed by atoms with Crippen LogP contribution in [0, 0.1) is 6.92 Å². The van der Waals surface area contributed by atoms with Gasteiger partial charge in [-0.2, -0.15) is 0 Å². The minimum absolute atomic E-state index is 1.25. The number of benzene rings is 2. The monoisotopic (exact) mass is 261 g/mol. The van der Waals surface area contributed by atoms with Crippen molar-refractivity contribution < 1.29 is 0 Å². The van der Waals surface area contributed by atoms with Gasteiger partial charge in [0.25, 0.3) is 0 Å². The molecule has 2 aromatic carbocycles. The smallest absolute Gasteiger partial charge is 0.0391 e. The second-order valence-corrected chi connectivity index (χ2v) is 5.46. The third-order valence-electron chi connectivity index (χ3n) is 3.74. The van der Waals surface area contributed by atoms with E-state index in [2.05, 4.69) is 86.6 Å². The largest absolute Gasteiger partial charge is 0.377 e. The first kappa shape index (κ1) is 12.7. The molecular formula is C19H19N. The average molecular weight is 261 g/mol. The summed E-state index contributed by atoms with van der Waals surface area (Å²) < 4.78 is 0. The molecule has 0 saturated heterocycles. The minimum atomic E-state index is 1.25. The first-order valence-electron chi connectivity index (χ1n) is 6.92. The second-order valence-electron chi connectivity index (χ2n) is 5.46. The van der Waals surface area contributed by atoms with Crippen LogP contribution in [-0.4, -0.2) is 14.1 Å². The van der Waals surface area contributed by atoms with Crippen molar-refractivity contribution in [2.24, 2.45) is 0 Å². The molecular weight excluding hydrogens is 242 g/mol. The van der Waals surface area contributed by atoms with E-state index in [1.165, 1.54) is 33.5 Å². The van der Waals surface area contributed by atoms with E-state index in [0.717, 1.165) is 0 Å². The quantitative estimate of drug-likeness (QED) is 0.762. The van der Waals surface area contributed by atoms with Crippen LogP contribution in [0.1, 0.15) is 22.3 Å². The van der Waals surface area contributed by atoms with Crippen LogP contribution in [0.5, 0.6) is 0 Å². The Morgan fingerprint density at radius 2 is 1.75 bits per heavy atom. The van der Waals surface area contributed by atoms with E-state index in [-0.39, 0.29) is 0 Å². The number of anilines is 1. The van der Waals surface area contributed by atoms with E-state index in [4.69, 9.17) is 0 Å². The van der Waals surface area contributed by atoms with Gasteiger partial charge in [0.2, 0.25) is 0 Å². The molecule has 0 N–H and O–H groups in total. The van der Waals surface area contributed by atoms with Gasteiger partial charge in [-0.05, 0) is 53.0 Å². The van der Waals surface area contributed by atoms with Crippen LogP contribution in [0.15, 0.2) is 48.5 Å². The molecule has 0 aromatic heterocycles. The van der Waals surface area contributed by atoms with Gasteiger partial charge in [-0.15, -0.1) is 0 Å². The third kappa shape index (κ3) is 2.27. The normalized spacial score (nSPS) is 14.7. The number of aryl methyl sites for hydroxylation is 1. The molecule has 0 bridgehead atoms. The molecule has 0 fully saturated rings. The molecule has 0 unspecified atom stereocenters. The molecule has 20 heavy (non-hydrogen) atoms. The summed E-state index contributed by atoms with van der Waals surface area (Å²) in [6.07, 6.45) is 6.64. The zero-order valence-corrected chi connectivity index (χ0v) is 12.2. The molecule has 100 valence electrons. The molecule has 0 heterocycles. The Morgan fingerprint density at radius 3 is 2.50 bits per heavy atom. The number of hydrogen-bond acceptors (Lipinski definition) is 1. The lowest BCUT2D eigenvalue weighted by molar-refractivity contribution is 1.11. The van der Waals surface area contributed by atoms with Gasteiger partial charge >= 0.3 is 0 Å². The Hall–Kier alpha value is -2.28. The third-order valence-corrected chi connectivity index (χ3v) is 3.74. The van der Waals surface area contributed by atoms with Gasteiger partial charge in [0.05, 0.1) is 0 Å². The van der Waals surface area contributed by atoms with Crippen molar-refractivity contribution in [1.29, 1.82) is 0 Å². The topological polar surface area (TPSA) is 3.24 Å². The van der Waals surface area contributed by atoms with Crippen LogP contribution < -0.4 is 4.90 Å². The average Bonchev–Trinajstić information content (AvgIpc) is 2.82. The molecule has 1 aliphatic rings. The van der Waals surface area contributed by atoms with Gasteiger partial charge in [0.15, 0.2) is 0 Å². The molecule has 0 aliphatic heterocycles. The van der Waals surface area contributed by atoms with Crippen molar-refractivity contribution in [1.82, 2.24) is 0 Å². The van der Waals surface area contributed by atoms with E-state index in [1.54, 1.807) is 0 Å². The summed E-state index contributed by atoms with van der Waals surface area (Å²) in [6, 6.07) is 15.1. The molecule has 0 atom stereocenters. The summed E-state index contributed by atoms with van der Waals surface area (Å²) in [4.78, 5) is 2.15. The van der Waals surface area contributed by atoms with Gasteiger partial charge < -0.3 is 4.90 Å². The van der Waals surface area contributed by atoms with Crippen LogP contribution in [0.3, 0.4) is 0 Å². The van der Waals surface area contributed by atoms with E-state index < -0.39 is 0 Å². The molecule has 1 heteroatoms. The number of rotatable bonds is 2. The Morgan fingerprint density at radius 1 is 0.950 bits per heavy atom. The van der Waals surface area contributed by atoms with Crippen molar-refractivity contribution in [3.63, 3.8) is 0 Å². The molecule has 0 radical (unpaired) electrons. The van der Waals surface area contributed by atoms with Gasteiger partial charge in [-0.1, -0.05) is 42.5 Å². The van der Waals surface area contributed by atoms with E-state index in [9.17, 15) is 0 Å². The first-order valence-corrected chi connectivity index (χ1v) is 6.92. The van der Waals surface area contributed by atoms with Crippen LogP contribution >= 0.6 is 0 Å². The minimum Gasteiger partial charge on any atom is -0.377 e. The highest BCUT2D eigenvalue weighted by Gasteiger charge is 2.09. The molecule has 0 saturated carbocycles. The lowest BCUT2D eigenvalue weighted by atomic mass is 10.0. The highest BCUT2D eigenvalue weighted by molar-refractivity contribution is 5.97. The summed E-state index contributed by atoms with van der Waals surface area (Å²) in [5.41, 5.74) is 7.75. The van der Waals surface area contributed by atoms with Crippen molar-refractivity contribution in [3.05, 3.63) is 70.8 Å². The first-order chi connectivity index (χ1) is 9.65. The maximum Gasteiger partial charge on any atom is 0.0391 e. The van der Waals surface area contributed by atoms with Crippen molar-refractivity contribution >= 4 is 23.4 Å². The molecule has 3 rings (SSSR count). The summed E-state index contributed by atoms with van der Waals surface area (Å²) >= 11 is 0. The Balaban J connectivity index is 1.98. The number of fused-ring (bicyclic) bond motifs is 1. The summed E-state index contributed by atoms with van der Waals surface area (Å²) in [5, 5.41) is 0. The zero-order valence-electron chi connectivity index (χ0n) is 12.2. The van der Waals surface area contributed by atoms with Crippen LogP contribution in [0.2, 0.25) is 0 Å². The Labute approximate surface area is 120 Å². The van der Waals surface area contributed by atoms with Crippen molar-refractivity contribution in [2.75, 3.05) is 19.0 Å². The highest BCUT2D eigenvalue weighted by Crippen LogP contribution is 2.31. The van der Waals surface area contributed by atoms with E-state index >= 15 is 0 Å². The highest BCUT2D eigenvalue weighted by atomic mass is 15.1. The predicted octanol–water partition coefficient (Wildman–Crippen LogP) is 4.63. The maximum absolute atomic E-state index is 2.26. The molecule has 1 nitrogen and oxygen atoms in total. The van der Waals surface area contributed by atoms with E-state index in [1.807, 2.05) is 0 Å². The summed E-state index contributed by atoms with van der Waals surface area (Å²) in [7, 11) is 4.16. The molecule has 2 aromatic rings. The molecule has 0 amide bonds. The Kier molecular flexibility index (Phi) is 3.19. The molecule has 0 spiro atoms. The fraction of sp³-hybridized carbons (Fsp3) is 0.158. The fourth-order valence-electron chi connectivity index (χ4n) is 2.75. The van der Waals surface area contributed by atoms with Crippen molar-refractivity contribution in [3.8, 4) is 0 Å². The zero-order chi connectivity index (χ0) is 14.1. The number of hydrogen-bond donors (Lipinski definition) is 0. The molecule has 1 aliphatic carbocycles. The lowest BCUT2D eigenvalue weighted by Gasteiger charge is -2.15. The standard InChI is InChI=1S/C19H19N/c1-14-12-15(8-11-19(14)20(2)3)13-17-10-9-16-6-4-5-7-18(16)17/h4-13H,1-3H3. The van der Waals surface area contributed by atoms with Crippen molar-refractivity contribution in [2.45, 2.75) is 6.92 Å². The predicted molar refractivity (Wildman–Crippen MR) is 88.9 cm³/mol. The van der Waals surface area contributed by atoms with Crippen LogP contribution in [0.25, 0.3) is 17.7 Å². The fourth-order valence-corrected chi connectivity index (χ4v) is 2.75. The summed E-state index contributed by atoms with van der Waals surface area (Å²) in [5.74, 6) is 0. The van der Waals surface area contributed by atoms with Gasteiger partial charge in [0, 0.05) is 19.8 Å². The van der Waals surface area contributed by atoms with Gasteiger partial charge in [-0.25, -0.2) is 0 Å². The second kappa shape index (κ2) is 5.01. The summed E-state index contributed by atoms with van der Waals surface area (Å²) in [6.45, 7) is 2.16. The number of nitrogens with zero attached hydrogens (tertiary/aromatic N) is 1. The van der Waals surface area contributed by atoms with Gasteiger partial charge in [-0.3, -0.25) is 0 Å². The maximum atomic E-state index is 2.26. The number of allylic oxidation sites excluding steroid dienone is 2. The van der Waals surface area contributed by atoms with Crippen LogP contribution in [0.4, 0.5) is 5.69 Å². The van der Waals surface area contributed by atoms with Crippen LogP contribution in [-0.2, 0) is 0 Å². The SMILES string of the molecule is Cc1cc(C=C2C=Cc3ccccc32)ccc1N(C)C. The van der Waals surface area contributed by atoms with Gasteiger partial charge in [0.1, 0.15) is 0 Å². The Bertz CT molecular complexity index is 705.